The Hall–Kier alpha value is -1.10. The molecule has 1 aromatic heterocycles. The van der Waals surface area contributed by atoms with Crippen LogP contribution in [0.3, 0.4) is 0 Å². The molecule has 0 spiro atoms. The molecule has 1 atom stereocenters. The smallest absolute Gasteiger partial charge is 0.313 e. The zero-order valence-corrected chi connectivity index (χ0v) is 10.0. The molecule has 0 fully saturated rings. The molecule has 0 aliphatic carbocycles. The highest BCUT2D eigenvalue weighted by Gasteiger charge is 2.26. The lowest BCUT2D eigenvalue weighted by molar-refractivity contribution is -0.135. The van der Waals surface area contributed by atoms with Gasteiger partial charge in [0.15, 0.2) is 0 Å². The summed E-state index contributed by atoms with van der Waals surface area (Å²) in [6, 6.07) is 1.81. The Balaban J connectivity index is 2.58. The van der Waals surface area contributed by atoms with Crippen molar-refractivity contribution in [3.05, 3.63) is 29.6 Å². The van der Waals surface area contributed by atoms with E-state index in [0.29, 0.717) is 6.42 Å². The number of nitrogens with zero attached hydrogens (tertiary/aromatic N) is 1. The lowest BCUT2D eigenvalue weighted by Gasteiger charge is -2.18. The number of hydrogen-bond acceptors (Lipinski definition) is 2. The maximum absolute atomic E-state index is 12.1. The molecule has 96 valence electrons. The predicted octanol–water partition coefficient (Wildman–Crippen LogP) is 3.38. The Morgan fingerprint density at radius 2 is 2.12 bits per heavy atom. The number of nitrogens with one attached hydrogen (secondary N) is 1. The molecule has 0 saturated heterocycles. The fourth-order valence-corrected chi connectivity index (χ4v) is 1.84. The number of pyridine rings is 1. The van der Waals surface area contributed by atoms with E-state index in [1.54, 1.807) is 19.4 Å². The molecule has 0 bridgehead atoms. The Labute approximate surface area is 99.3 Å². The predicted molar refractivity (Wildman–Crippen MR) is 60.7 cm³/mol. The molecular weight excluding hydrogens is 229 g/mol. The van der Waals surface area contributed by atoms with Crippen LogP contribution in [0.15, 0.2) is 18.5 Å². The fourth-order valence-electron chi connectivity index (χ4n) is 1.84. The molecule has 1 N–H and O–H groups in total. The largest absolute Gasteiger partial charge is 0.389 e. The maximum Gasteiger partial charge on any atom is 0.389 e. The van der Waals surface area contributed by atoms with Crippen LogP contribution < -0.4 is 5.32 Å². The first-order valence-corrected chi connectivity index (χ1v) is 5.58. The molecule has 0 aliphatic rings. The third-order valence-electron chi connectivity index (χ3n) is 2.74. The van der Waals surface area contributed by atoms with Crippen molar-refractivity contribution < 1.29 is 13.2 Å². The highest BCUT2D eigenvalue weighted by atomic mass is 19.4. The molecule has 1 rings (SSSR count). The van der Waals surface area contributed by atoms with Crippen molar-refractivity contribution in [2.75, 3.05) is 7.05 Å². The van der Waals surface area contributed by atoms with E-state index in [1.807, 2.05) is 13.0 Å². The second-order valence-corrected chi connectivity index (χ2v) is 4.08. The van der Waals surface area contributed by atoms with Crippen LogP contribution in [-0.4, -0.2) is 18.2 Å². The van der Waals surface area contributed by atoms with Crippen LogP contribution >= 0.6 is 0 Å². The van der Waals surface area contributed by atoms with Gasteiger partial charge >= 0.3 is 6.18 Å². The second-order valence-electron chi connectivity index (χ2n) is 4.08. The van der Waals surface area contributed by atoms with Gasteiger partial charge in [0.05, 0.1) is 0 Å². The minimum absolute atomic E-state index is 0.0413. The van der Waals surface area contributed by atoms with Gasteiger partial charge in [0.2, 0.25) is 0 Å². The summed E-state index contributed by atoms with van der Waals surface area (Å²) in [6.45, 7) is 1.91. The van der Waals surface area contributed by atoms with Crippen molar-refractivity contribution in [3.63, 3.8) is 0 Å². The summed E-state index contributed by atoms with van der Waals surface area (Å²) in [5.41, 5.74) is 2.02. The lowest BCUT2D eigenvalue weighted by atomic mass is 9.98. The normalized spacial score (nSPS) is 13.7. The van der Waals surface area contributed by atoms with E-state index in [2.05, 4.69) is 10.3 Å². The van der Waals surface area contributed by atoms with Crippen LogP contribution in [0.2, 0.25) is 0 Å². The van der Waals surface area contributed by atoms with Crippen molar-refractivity contribution >= 4 is 0 Å². The van der Waals surface area contributed by atoms with Crippen molar-refractivity contribution in [3.8, 4) is 0 Å². The molecule has 0 aromatic carbocycles. The van der Waals surface area contributed by atoms with E-state index in [0.717, 1.165) is 11.1 Å². The molecule has 1 unspecified atom stereocenters. The SMILES string of the molecule is CNC(CCCC(F)(F)F)c1ccncc1C. The van der Waals surface area contributed by atoms with Crippen LogP contribution in [0.1, 0.15) is 36.4 Å². The van der Waals surface area contributed by atoms with E-state index in [-0.39, 0.29) is 12.5 Å². The van der Waals surface area contributed by atoms with E-state index in [9.17, 15) is 13.2 Å². The summed E-state index contributed by atoms with van der Waals surface area (Å²) < 4.78 is 36.2. The van der Waals surface area contributed by atoms with Gasteiger partial charge in [-0.2, -0.15) is 13.2 Å². The first-order chi connectivity index (χ1) is 7.94. The first kappa shape index (κ1) is 14.0. The van der Waals surface area contributed by atoms with E-state index < -0.39 is 12.6 Å². The van der Waals surface area contributed by atoms with Gasteiger partial charge in [-0.15, -0.1) is 0 Å². The highest BCUT2D eigenvalue weighted by molar-refractivity contribution is 5.25. The third kappa shape index (κ3) is 4.73. The number of alkyl halides is 3. The molecular formula is C12H17F3N2. The summed E-state index contributed by atoms with van der Waals surface area (Å²) in [5, 5.41) is 3.05. The van der Waals surface area contributed by atoms with Crippen LogP contribution in [0.4, 0.5) is 13.2 Å². The molecule has 0 aliphatic heterocycles. The number of hydrogen-bond donors (Lipinski definition) is 1. The average molecular weight is 246 g/mol. The molecule has 1 heterocycles. The highest BCUT2D eigenvalue weighted by Crippen LogP contribution is 2.27. The minimum Gasteiger partial charge on any atom is -0.313 e. The Kier molecular flexibility index (Phi) is 4.93. The van der Waals surface area contributed by atoms with Crippen molar-refractivity contribution in [1.29, 1.82) is 0 Å². The topological polar surface area (TPSA) is 24.9 Å². The summed E-state index contributed by atoms with van der Waals surface area (Å²) in [6.07, 6.45) is -0.793. The maximum atomic E-state index is 12.1. The summed E-state index contributed by atoms with van der Waals surface area (Å²) in [7, 11) is 1.76. The Morgan fingerprint density at radius 1 is 1.41 bits per heavy atom. The zero-order valence-electron chi connectivity index (χ0n) is 10.0. The molecule has 1 aromatic rings. The van der Waals surface area contributed by atoms with Crippen molar-refractivity contribution in [2.24, 2.45) is 0 Å². The van der Waals surface area contributed by atoms with Gasteiger partial charge in [0, 0.05) is 24.9 Å². The standard InChI is InChI=1S/C12H17F3N2/c1-9-8-17-7-5-10(9)11(16-2)4-3-6-12(13,14)15/h5,7-8,11,16H,3-4,6H2,1-2H3. The molecule has 2 nitrogen and oxygen atoms in total. The van der Waals surface area contributed by atoms with Gasteiger partial charge in [-0.1, -0.05) is 0 Å². The van der Waals surface area contributed by atoms with Crippen LogP contribution in [0, 0.1) is 6.92 Å². The number of rotatable bonds is 5. The Morgan fingerprint density at radius 3 is 2.65 bits per heavy atom. The fraction of sp³-hybridized carbons (Fsp3) is 0.583. The van der Waals surface area contributed by atoms with Gasteiger partial charge in [-0.05, 0) is 44.0 Å². The average Bonchev–Trinajstić information content (AvgIpc) is 2.24. The summed E-state index contributed by atoms with van der Waals surface area (Å²) >= 11 is 0. The number of aromatic nitrogens is 1. The summed E-state index contributed by atoms with van der Waals surface area (Å²) in [5.74, 6) is 0. The third-order valence-corrected chi connectivity index (χ3v) is 2.74. The van der Waals surface area contributed by atoms with Crippen LogP contribution in [-0.2, 0) is 0 Å². The first-order valence-electron chi connectivity index (χ1n) is 5.58. The van der Waals surface area contributed by atoms with Crippen LogP contribution in [0.25, 0.3) is 0 Å². The van der Waals surface area contributed by atoms with E-state index >= 15 is 0 Å². The lowest BCUT2D eigenvalue weighted by Crippen LogP contribution is -2.18. The van der Waals surface area contributed by atoms with Gasteiger partial charge in [0.25, 0.3) is 0 Å². The summed E-state index contributed by atoms with van der Waals surface area (Å²) in [4.78, 5) is 3.97. The van der Waals surface area contributed by atoms with Gasteiger partial charge in [-0.25, -0.2) is 0 Å². The van der Waals surface area contributed by atoms with Gasteiger partial charge in [0.1, 0.15) is 0 Å². The van der Waals surface area contributed by atoms with E-state index in [1.165, 1.54) is 0 Å². The van der Waals surface area contributed by atoms with E-state index in [4.69, 9.17) is 0 Å². The van der Waals surface area contributed by atoms with Gasteiger partial charge < -0.3 is 5.32 Å². The van der Waals surface area contributed by atoms with Crippen molar-refractivity contribution in [2.45, 2.75) is 38.4 Å². The van der Waals surface area contributed by atoms with Gasteiger partial charge in [-0.3, -0.25) is 4.98 Å². The monoisotopic (exact) mass is 246 g/mol. The van der Waals surface area contributed by atoms with Crippen LogP contribution in [0.5, 0.6) is 0 Å². The quantitative estimate of drug-likeness (QED) is 0.861. The second kappa shape index (κ2) is 6.00. The number of aryl methyl sites for hydroxylation is 1. The molecule has 0 saturated carbocycles. The molecule has 0 radical (unpaired) electrons. The zero-order chi connectivity index (χ0) is 12.9. The minimum atomic E-state index is -4.06. The molecule has 0 amide bonds. The number of halogens is 3. The molecule has 17 heavy (non-hydrogen) atoms. The molecule has 5 heteroatoms. The Bertz CT molecular complexity index is 350. The van der Waals surface area contributed by atoms with Crippen molar-refractivity contribution in [1.82, 2.24) is 10.3 Å².